The molecule has 1 amide bonds. The van der Waals surface area contributed by atoms with Crippen LogP contribution in [0, 0.1) is 0 Å². The summed E-state index contributed by atoms with van der Waals surface area (Å²) in [6.45, 7) is 3.55. The van der Waals surface area contributed by atoms with Gasteiger partial charge in [0.15, 0.2) is 0 Å². The highest BCUT2D eigenvalue weighted by Gasteiger charge is 2.26. The lowest BCUT2D eigenvalue weighted by Gasteiger charge is -2.27. The Labute approximate surface area is 131 Å². The molecule has 0 N–H and O–H groups in total. The maximum atomic E-state index is 12.6. The molecule has 0 saturated heterocycles. The van der Waals surface area contributed by atoms with Gasteiger partial charge in [0.2, 0.25) is 5.91 Å². The summed E-state index contributed by atoms with van der Waals surface area (Å²) in [6, 6.07) is 0.355. The van der Waals surface area contributed by atoms with E-state index < -0.39 is 0 Å². The summed E-state index contributed by atoms with van der Waals surface area (Å²) in [6.07, 6.45) is 8.68. The molecule has 6 nitrogen and oxygen atoms in total. The van der Waals surface area contributed by atoms with Crippen LogP contribution in [0.25, 0.3) is 0 Å². The van der Waals surface area contributed by atoms with Gasteiger partial charge in [0, 0.05) is 25.6 Å². The molecule has 2 aliphatic rings. The molecule has 1 aromatic rings. The number of rotatable bonds is 4. The molecule has 0 radical (unpaired) electrons. The number of carbonyl (C=O) groups is 1. The second kappa shape index (κ2) is 6.67. The van der Waals surface area contributed by atoms with Crippen molar-refractivity contribution in [2.45, 2.75) is 77.4 Å². The van der Waals surface area contributed by atoms with E-state index in [2.05, 4.69) is 5.10 Å². The summed E-state index contributed by atoms with van der Waals surface area (Å²) < 4.78 is 3.13. The van der Waals surface area contributed by atoms with Crippen molar-refractivity contribution >= 4 is 5.91 Å². The Kier molecular flexibility index (Phi) is 4.64. The summed E-state index contributed by atoms with van der Waals surface area (Å²) >= 11 is 0. The van der Waals surface area contributed by atoms with Crippen LogP contribution in [0.15, 0.2) is 4.79 Å². The highest BCUT2D eigenvalue weighted by atomic mass is 16.2. The van der Waals surface area contributed by atoms with Gasteiger partial charge in [-0.2, -0.15) is 5.10 Å². The van der Waals surface area contributed by atoms with Crippen molar-refractivity contribution in [3.8, 4) is 0 Å². The number of aryl methyl sites for hydroxylation is 1. The van der Waals surface area contributed by atoms with Crippen LogP contribution in [0.2, 0.25) is 0 Å². The average molecular weight is 306 g/mol. The molecule has 1 fully saturated rings. The van der Waals surface area contributed by atoms with Gasteiger partial charge in [0.05, 0.1) is 0 Å². The van der Waals surface area contributed by atoms with Crippen molar-refractivity contribution in [1.29, 1.82) is 0 Å². The van der Waals surface area contributed by atoms with Gasteiger partial charge in [0.1, 0.15) is 12.4 Å². The molecule has 1 aromatic heterocycles. The number of hydrogen-bond acceptors (Lipinski definition) is 3. The zero-order valence-corrected chi connectivity index (χ0v) is 13.5. The van der Waals surface area contributed by atoms with E-state index in [-0.39, 0.29) is 18.1 Å². The monoisotopic (exact) mass is 306 g/mol. The smallest absolute Gasteiger partial charge is 0.338 e. The zero-order valence-electron chi connectivity index (χ0n) is 13.5. The molecular formula is C16H26N4O2. The molecular weight excluding hydrogens is 280 g/mol. The number of hydrogen-bond donors (Lipinski definition) is 0. The van der Waals surface area contributed by atoms with Gasteiger partial charge in [-0.3, -0.25) is 9.36 Å². The summed E-state index contributed by atoms with van der Waals surface area (Å²) in [7, 11) is 0. The van der Waals surface area contributed by atoms with Crippen LogP contribution in [0.3, 0.4) is 0 Å². The largest absolute Gasteiger partial charge is 0.346 e. The van der Waals surface area contributed by atoms with Gasteiger partial charge in [-0.25, -0.2) is 9.48 Å². The summed E-state index contributed by atoms with van der Waals surface area (Å²) in [4.78, 5) is 26.9. The SMILES string of the molecule is CCN(C(=O)Cn1nc2n(c1=O)CCCCC2)C1CCCC1. The highest BCUT2D eigenvalue weighted by Crippen LogP contribution is 2.23. The van der Waals surface area contributed by atoms with Crippen LogP contribution in [0.5, 0.6) is 0 Å². The molecule has 3 rings (SSSR count). The first-order valence-electron chi connectivity index (χ1n) is 8.66. The van der Waals surface area contributed by atoms with Gasteiger partial charge in [-0.05, 0) is 32.6 Å². The molecule has 1 saturated carbocycles. The molecule has 0 bridgehead atoms. The minimum absolute atomic E-state index is 0.0322. The van der Waals surface area contributed by atoms with Crippen molar-refractivity contribution in [2.24, 2.45) is 0 Å². The molecule has 0 unspecified atom stereocenters. The Hall–Kier alpha value is -1.59. The predicted molar refractivity (Wildman–Crippen MR) is 83.7 cm³/mol. The lowest BCUT2D eigenvalue weighted by atomic mass is 10.2. The lowest BCUT2D eigenvalue weighted by Crippen LogP contribution is -2.42. The topological polar surface area (TPSA) is 60.1 Å². The van der Waals surface area contributed by atoms with E-state index in [0.29, 0.717) is 12.6 Å². The second-order valence-corrected chi connectivity index (χ2v) is 6.44. The Morgan fingerprint density at radius 2 is 2.00 bits per heavy atom. The number of amides is 1. The number of nitrogens with zero attached hydrogens (tertiary/aromatic N) is 4. The molecule has 0 aromatic carbocycles. The Morgan fingerprint density at radius 3 is 2.73 bits per heavy atom. The molecule has 0 spiro atoms. The first kappa shape index (κ1) is 15.3. The highest BCUT2D eigenvalue weighted by molar-refractivity contribution is 5.76. The standard InChI is InChI=1S/C16H26N4O2/c1-2-18(13-8-5-6-9-13)15(21)12-20-16(22)19-11-7-3-4-10-14(19)17-20/h13H,2-12H2,1H3. The first-order valence-corrected chi connectivity index (χ1v) is 8.66. The van der Waals surface area contributed by atoms with Crippen molar-refractivity contribution in [3.05, 3.63) is 16.3 Å². The number of aromatic nitrogens is 3. The van der Waals surface area contributed by atoms with Gasteiger partial charge < -0.3 is 4.90 Å². The number of fused-ring (bicyclic) bond motifs is 1. The summed E-state index contributed by atoms with van der Waals surface area (Å²) in [5.74, 6) is 0.879. The third kappa shape index (κ3) is 2.96. The minimum atomic E-state index is -0.118. The molecule has 1 aliphatic heterocycles. The first-order chi connectivity index (χ1) is 10.7. The van der Waals surface area contributed by atoms with Gasteiger partial charge in [0.25, 0.3) is 0 Å². The third-order valence-electron chi connectivity index (χ3n) is 4.99. The van der Waals surface area contributed by atoms with Crippen molar-refractivity contribution in [2.75, 3.05) is 6.54 Å². The van der Waals surface area contributed by atoms with Crippen LogP contribution in [0.1, 0.15) is 57.7 Å². The molecule has 2 heterocycles. The normalized spacial score (nSPS) is 19.0. The van der Waals surface area contributed by atoms with E-state index in [0.717, 1.165) is 50.9 Å². The third-order valence-corrected chi connectivity index (χ3v) is 4.99. The Balaban J connectivity index is 1.75. The van der Waals surface area contributed by atoms with E-state index in [1.807, 2.05) is 11.8 Å². The summed E-state index contributed by atoms with van der Waals surface area (Å²) in [5, 5.41) is 4.41. The minimum Gasteiger partial charge on any atom is -0.338 e. The van der Waals surface area contributed by atoms with Gasteiger partial charge >= 0.3 is 5.69 Å². The van der Waals surface area contributed by atoms with E-state index in [4.69, 9.17) is 0 Å². The molecule has 1 aliphatic carbocycles. The van der Waals surface area contributed by atoms with Crippen molar-refractivity contribution in [1.82, 2.24) is 19.2 Å². The molecule has 6 heteroatoms. The van der Waals surface area contributed by atoms with Crippen LogP contribution in [-0.2, 0) is 24.3 Å². The summed E-state index contributed by atoms with van der Waals surface area (Å²) in [5.41, 5.74) is -0.118. The van der Waals surface area contributed by atoms with Crippen LogP contribution in [-0.4, -0.2) is 37.7 Å². The Morgan fingerprint density at radius 1 is 1.23 bits per heavy atom. The maximum absolute atomic E-state index is 12.6. The van der Waals surface area contributed by atoms with Crippen molar-refractivity contribution in [3.63, 3.8) is 0 Å². The fraction of sp³-hybridized carbons (Fsp3) is 0.812. The van der Waals surface area contributed by atoms with E-state index in [1.165, 1.54) is 17.5 Å². The molecule has 22 heavy (non-hydrogen) atoms. The van der Waals surface area contributed by atoms with Gasteiger partial charge in [-0.15, -0.1) is 0 Å². The molecule has 122 valence electrons. The quantitative estimate of drug-likeness (QED) is 0.848. The van der Waals surface area contributed by atoms with Crippen LogP contribution >= 0.6 is 0 Å². The average Bonchev–Trinajstić information content (AvgIpc) is 3.04. The van der Waals surface area contributed by atoms with E-state index >= 15 is 0 Å². The Bertz CT molecular complexity index is 583. The number of likely N-dealkylation sites (N-methyl/N-ethyl adjacent to an activating group) is 1. The van der Waals surface area contributed by atoms with Crippen molar-refractivity contribution < 1.29 is 4.79 Å². The van der Waals surface area contributed by atoms with Crippen LogP contribution < -0.4 is 5.69 Å². The van der Waals surface area contributed by atoms with Gasteiger partial charge in [-0.1, -0.05) is 19.3 Å². The molecule has 0 atom stereocenters. The fourth-order valence-corrected chi connectivity index (χ4v) is 3.80. The second-order valence-electron chi connectivity index (χ2n) is 6.44. The predicted octanol–water partition coefficient (Wildman–Crippen LogP) is 1.56. The lowest BCUT2D eigenvalue weighted by molar-refractivity contribution is -0.134. The zero-order chi connectivity index (χ0) is 15.5. The fourth-order valence-electron chi connectivity index (χ4n) is 3.80. The number of carbonyl (C=O) groups excluding carboxylic acids is 1. The van der Waals surface area contributed by atoms with E-state index in [9.17, 15) is 9.59 Å². The maximum Gasteiger partial charge on any atom is 0.346 e. The van der Waals surface area contributed by atoms with Crippen LogP contribution in [0.4, 0.5) is 0 Å². The van der Waals surface area contributed by atoms with E-state index in [1.54, 1.807) is 4.57 Å².